The molecule has 2 rings (SSSR count). The van der Waals surface area contributed by atoms with Crippen molar-refractivity contribution in [3.8, 4) is 0 Å². The van der Waals surface area contributed by atoms with Crippen molar-refractivity contribution < 1.29 is 4.79 Å². The number of carbonyl (C=O) groups is 1. The van der Waals surface area contributed by atoms with Gasteiger partial charge in [0.1, 0.15) is 5.82 Å². The van der Waals surface area contributed by atoms with Gasteiger partial charge in [0.15, 0.2) is 0 Å². The van der Waals surface area contributed by atoms with Crippen LogP contribution in [0.5, 0.6) is 0 Å². The number of nitrogens with zero attached hydrogens (tertiary/aromatic N) is 2. The van der Waals surface area contributed by atoms with Crippen LogP contribution in [-0.2, 0) is 4.79 Å². The van der Waals surface area contributed by atoms with E-state index in [1.165, 1.54) is 0 Å². The number of hydrogen-bond donors (Lipinski definition) is 2. The van der Waals surface area contributed by atoms with E-state index in [4.69, 9.17) is 5.73 Å². The fourth-order valence-electron chi connectivity index (χ4n) is 1.77. The van der Waals surface area contributed by atoms with Crippen LogP contribution in [0.3, 0.4) is 0 Å². The molecule has 0 saturated heterocycles. The molecule has 1 heterocycles. The van der Waals surface area contributed by atoms with E-state index >= 15 is 0 Å². The summed E-state index contributed by atoms with van der Waals surface area (Å²) in [6.45, 7) is 2.28. The smallest absolute Gasteiger partial charge is 0.227 e. The lowest BCUT2D eigenvalue weighted by atomic mass is 10.2. The number of aromatic amines is 1. The lowest BCUT2D eigenvalue weighted by Gasteiger charge is -2.16. The molecule has 0 atom stereocenters. The average molecular weight is 232 g/mol. The Morgan fingerprint density at radius 1 is 1.53 bits per heavy atom. The van der Waals surface area contributed by atoms with Gasteiger partial charge in [-0.15, -0.1) is 0 Å². The molecule has 0 aliphatic rings. The van der Waals surface area contributed by atoms with Crippen LogP contribution in [0.15, 0.2) is 18.2 Å². The van der Waals surface area contributed by atoms with Crippen LogP contribution in [0, 0.1) is 6.92 Å². The average Bonchev–Trinajstić information content (AvgIpc) is 2.67. The van der Waals surface area contributed by atoms with E-state index in [-0.39, 0.29) is 5.91 Å². The number of H-pyrrole nitrogens is 1. The number of carbonyl (C=O) groups excluding carboxylic acids is 1. The Hall–Kier alpha value is -1.88. The monoisotopic (exact) mass is 232 g/mol. The van der Waals surface area contributed by atoms with Gasteiger partial charge in [-0.25, -0.2) is 4.98 Å². The molecule has 0 spiro atoms. The number of aromatic nitrogens is 2. The predicted molar refractivity (Wildman–Crippen MR) is 67.9 cm³/mol. The zero-order chi connectivity index (χ0) is 12.4. The lowest BCUT2D eigenvalue weighted by Crippen LogP contribution is -2.27. The molecule has 1 aromatic heterocycles. The van der Waals surface area contributed by atoms with Gasteiger partial charge in [-0.2, -0.15) is 0 Å². The third-order valence-electron chi connectivity index (χ3n) is 2.70. The highest BCUT2D eigenvalue weighted by molar-refractivity contribution is 5.94. The van der Waals surface area contributed by atoms with Crippen molar-refractivity contribution in [1.29, 1.82) is 0 Å². The minimum Gasteiger partial charge on any atom is -0.342 e. The Labute approximate surface area is 99.6 Å². The molecule has 5 heteroatoms. The summed E-state index contributed by atoms with van der Waals surface area (Å²) in [4.78, 5) is 20.8. The highest BCUT2D eigenvalue weighted by Crippen LogP contribution is 2.20. The van der Waals surface area contributed by atoms with Gasteiger partial charge in [-0.1, -0.05) is 0 Å². The second-order valence-electron chi connectivity index (χ2n) is 4.02. The molecule has 0 bridgehead atoms. The first-order valence-corrected chi connectivity index (χ1v) is 5.55. The minimum absolute atomic E-state index is 0.0167. The maximum Gasteiger partial charge on any atom is 0.227 e. The quantitative estimate of drug-likeness (QED) is 0.834. The molecular formula is C12H16N4O. The predicted octanol–water partition coefficient (Wildman–Crippen LogP) is 1.18. The van der Waals surface area contributed by atoms with E-state index in [0.717, 1.165) is 22.5 Å². The highest BCUT2D eigenvalue weighted by Gasteiger charge is 2.10. The summed E-state index contributed by atoms with van der Waals surface area (Å²) in [5.41, 5.74) is 8.07. The number of benzene rings is 1. The normalized spacial score (nSPS) is 10.8. The number of anilines is 1. The zero-order valence-electron chi connectivity index (χ0n) is 10.0. The van der Waals surface area contributed by atoms with Crippen molar-refractivity contribution in [1.82, 2.24) is 9.97 Å². The molecule has 0 fully saturated rings. The molecule has 17 heavy (non-hydrogen) atoms. The first kappa shape index (κ1) is 11.6. The van der Waals surface area contributed by atoms with Crippen LogP contribution < -0.4 is 10.6 Å². The summed E-state index contributed by atoms with van der Waals surface area (Å²) >= 11 is 0. The Balaban J connectivity index is 2.32. The van der Waals surface area contributed by atoms with Crippen LogP contribution in [0.25, 0.3) is 11.0 Å². The van der Waals surface area contributed by atoms with Gasteiger partial charge < -0.3 is 15.6 Å². The first-order chi connectivity index (χ1) is 8.11. The molecule has 3 N–H and O–H groups in total. The Bertz CT molecular complexity index is 546. The summed E-state index contributed by atoms with van der Waals surface area (Å²) in [5.74, 6) is 0.885. The fourth-order valence-corrected chi connectivity index (χ4v) is 1.77. The number of nitrogens with two attached hydrogens (primary N) is 1. The van der Waals surface area contributed by atoms with Gasteiger partial charge in [0.05, 0.1) is 11.0 Å². The van der Waals surface area contributed by atoms with E-state index in [0.29, 0.717) is 13.0 Å². The third-order valence-corrected chi connectivity index (χ3v) is 2.70. The molecule has 5 nitrogen and oxygen atoms in total. The van der Waals surface area contributed by atoms with Crippen LogP contribution in [0.2, 0.25) is 0 Å². The van der Waals surface area contributed by atoms with E-state index in [9.17, 15) is 4.79 Å². The van der Waals surface area contributed by atoms with E-state index < -0.39 is 0 Å². The number of amides is 1. The van der Waals surface area contributed by atoms with Crippen molar-refractivity contribution in [2.45, 2.75) is 13.3 Å². The van der Waals surface area contributed by atoms with E-state index in [1.807, 2.05) is 25.1 Å². The molecule has 2 aromatic rings. The van der Waals surface area contributed by atoms with Crippen molar-refractivity contribution in [3.63, 3.8) is 0 Å². The topological polar surface area (TPSA) is 75.0 Å². The number of fused-ring (bicyclic) bond motifs is 1. The summed E-state index contributed by atoms with van der Waals surface area (Å²) in [5, 5.41) is 0. The highest BCUT2D eigenvalue weighted by atomic mass is 16.2. The van der Waals surface area contributed by atoms with E-state index in [2.05, 4.69) is 9.97 Å². The van der Waals surface area contributed by atoms with Crippen LogP contribution in [-0.4, -0.2) is 29.5 Å². The Morgan fingerprint density at radius 2 is 2.29 bits per heavy atom. The van der Waals surface area contributed by atoms with E-state index in [1.54, 1.807) is 11.9 Å². The lowest BCUT2D eigenvalue weighted by molar-refractivity contribution is -0.118. The summed E-state index contributed by atoms with van der Waals surface area (Å²) < 4.78 is 0. The van der Waals surface area contributed by atoms with Gasteiger partial charge in [-0.05, 0) is 25.1 Å². The van der Waals surface area contributed by atoms with Crippen molar-refractivity contribution >= 4 is 22.6 Å². The number of nitrogens with one attached hydrogen (secondary N) is 1. The largest absolute Gasteiger partial charge is 0.342 e. The van der Waals surface area contributed by atoms with Crippen molar-refractivity contribution in [2.75, 3.05) is 18.5 Å². The number of rotatable bonds is 3. The Morgan fingerprint density at radius 3 is 3.00 bits per heavy atom. The van der Waals surface area contributed by atoms with Gasteiger partial charge >= 0.3 is 0 Å². The summed E-state index contributed by atoms with van der Waals surface area (Å²) in [6, 6.07) is 5.71. The van der Waals surface area contributed by atoms with Crippen molar-refractivity contribution in [3.05, 3.63) is 24.0 Å². The molecule has 0 aliphatic carbocycles. The second kappa shape index (κ2) is 4.55. The van der Waals surface area contributed by atoms with Gasteiger partial charge in [0.2, 0.25) is 5.91 Å². The van der Waals surface area contributed by atoms with Gasteiger partial charge in [-0.3, -0.25) is 4.79 Å². The SMILES string of the molecule is Cc1nc2ccc(N(C)C(=O)CCN)cc2[nH]1. The molecule has 1 aromatic carbocycles. The fraction of sp³-hybridized carbons (Fsp3) is 0.333. The number of imidazole rings is 1. The van der Waals surface area contributed by atoms with Gasteiger partial charge in [0.25, 0.3) is 0 Å². The molecular weight excluding hydrogens is 216 g/mol. The van der Waals surface area contributed by atoms with Crippen LogP contribution in [0.1, 0.15) is 12.2 Å². The Kier molecular flexibility index (Phi) is 3.10. The minimum atomic E-state index is 0.0167. The molecule has 1 amide bonds. The van der Waals surface area contributed by atoms with Crippen molar-refractivity contribution in [2.24, 2.45) is 5.73 Å². The maximum absolute atomic E-state index is 11.7. The number of hydrogen-bond acceptors (Lipinski definition) is 3. The summed E-state index contributed by atoms with van der Waals surface area (Å²) in [7, 11) is 1.75. The molecule has 0 saturated carbocycles. The first-order valence-electron chi connectivity index (χ1n) is 5.55. The van der Waals surface area contributed by atoms with Gasteiger partial charge in [0, 0.05) is 25.7 Å². The molecule has 0 radical (unpaired) electrons. The summed E-state index contributed by atoms with van der Waals surface area (Å²) in [6.07, 6.45) is 0.358. The van der Waals surface area contributed by atoms with Crippen LogP contribution in [0.4, 0.5) is 5.69 Å². The maximum atomic E-state index is 11.7. The molecule has 90 valence electrons. The molecule has 0 aliphatic heterocycles. The van der Waals surface area contributed by atoms with Crippen LogP contribution >= 0.6 is 0 Å². The molecule has 0 unspecified atom stereocenters. The third kappa shape index (κ3) is 2.29. The zero-order valence-corrected chi connectivity index (χ0v) is 10.0. The second-order valence-corrected chi connectivity index (χ2v) is 4.02. The number of aryl methyl sites for hydroxylation is 1. The standard InChI is InChI=1S/C12H16N4O/c1-8-14-10-4-3-9(7-11(10)15-8)16(2)12(17)5-6-13/h3-4,7H,5-6,13H2,1-2H3,(H,14,15).